The van der Waals surface area contributed by atoms with E-state index in [1.807, 2.05) is 19.9 Å². The number of benzene rings is 1. The SMILES string of the molecule is CC1/C=C/C=C/C=C/C=C/C=C/C=C/C=C/C(O[C@@H]2OC(C)[C@@H](O)[C@H](N)C2O)CC(O)C(C(=O)O)C(O)CC(=O)CC(O)CC(O)CC(O)CC(=O)CCCC(=O)CC(=O)OC1C(C)CC(C)C(O)CC(=O)c1ccc(N)cc1. The van der Waals surface area contributed by atoms with Gasteiger partial charge in [0, 0.05) is 62.1 Å². The van der Waals surface area contributed by atoms with Crippen LogP contribution in [0.15, 0.2) is 109 Å². The first-order valence-electron chi connectivity index (χ1n) is 26.9. The van der Waals surface area contributed by atoms with Crippen molar-refractivity contribution in [2.75, 3.05) is 5.73 Å². The number of esters is 1. The fourth-order valence-corrected chi connectivity index (χ4v) is 9.37. The van der Waals surface area contributed by atoms with Crippen LogP contribution in [0.5, 0.6) is 0 Å². The topological polar surface area (TPSA) is 364 Å². The largest absolute Gasteiger partial charge is 0.481 e. The Kier molecular flexibility index (Phi) is 30.1. The number of carboxylic acid groups (broad SMARTS) is 1. The van der Waals surface area contributed by atoms with Crippen LogP contribution < -0.4 is 11.5 Å². The van der Waals surface area contributed by atoms with Gasteiger partial charge >= 0.3 is 11.9 Å². The molecule has 1 saturated heterocycles. The number of hydrogen-bond acceptors (Lipinski definition) is 19. The number of ketones is 4. The summed E-state index contributed by atoms with van der Waals surface area (Å²) in [5.74, 6) is -7.43. The monoisotopic (exact) mass is 1110 g/mol. The van der Waals surface area contributed by atoms with Gasteiger partial charge in [0.2, 0.25) is 0 Å². The van der Waals surface area contributed by atoms with Crippen LogP contribution in [0.2, 0.25) is 0 Å². The summed E-state index contributed by atoms with van der Waals surface area (Å²) in [5, 5.41) is 96.0. The normalized spacial score (nSPS) is 34.7. The zero-order valence-electron chi connectivity index (χ0n) is 45.5. The van der Waals surface area contributed by atoms with Crippen LogP contribution in [0.25, 0.3) is 0 Å². The zero-order valence-corrected chi connectivity index (χ0v) is 45.5. The summed E-state index contributed by atoms with van der Waals surface area (Å²) in [6, 6.07) is 5.24. The van der Waals surface area contributed by atoms with Crippen LogP contribution in [0, 0.1) is 23.7 Å². The Hall–Kier alpha value is -5.62. The summed E-state index contributed by atoms with van der Waals surface area (Å²) in [7, 11) is 0. The number of nitrogen functional groups attached to an aromatic ring is 1. The highest BCUT2D eigenvalue weighted by atomic mass is 16.7. The number of carbonyl (C=O) groups excluding carboxylic acids is 5. The molecule has 2 aliphatic heterocycles. The second-order valence-electron chi connectivity index (χ2n) is 20.9. The molecule has 0 amide bonds. The molecule has 2 heterocycles. The standard InChI is InChI=1S/C59H84N2O18/c1-35-18-15-13-11-9-7-5-6-8-10-12-14-16-21-47(78-59-56(74)54(61)55(73)38(4)77-59)33-51(71)53(58(75)76)50(70)31-46(67)30-45(66)29-44(65)28-43(64)27-41(62)19-17-20-42(63)32-52(72)79-57(35)37(3)26-36(2)48(68)34-49(69)39-22-24-40(60)25-23-39/h5-16,18,21-25,35-38,43-45,47-48,50-51,53-57,59,64-66,68,70-71,73-74H,17,19-20,26-34,60-61H2,1-4H3,(H,75,76)/b6-5+,9-7+,10-8+,13-11+,14-12+,18-15+,21-16+/t35?,36?,37?,38?,43?,44?,45?,47?,48?,50?,51?,53?,54-,55+,56?,57?,59-/m0/s1. The summed E-state index contributed by atoms with van der Waals surface area (Å²) in [6.45, 7) is 7.02. The van der Waals surface area contributed by atoms with E-state index < -0.39 is 153 Å². The first-order chi connectivity index (χ1) is 37.4. The second-order valence-corrected chi connectivity index (χ2v) is 20.9. The molecule has 13 N–H and O–H groups in total. The Bertz CT molecular complexity index is 2310. The molecule has 3 rings (SSSR count). The number of carboxylic acids is 1. The number of aliphatic carboxylic acids is 1. The van der Waals surface area contributed by atoms with Crippen LogP contribution in [0.4, 0.5) is 5.69 Å². The molecule has 0 aromatic heterocycles. The van der Waals surface area contributed by atoms with Gasteiger partial charge < -0.3 is 71.6 Å². The number of nitrogens with two attached hydrogens (primary N) is 2. The lowest BCUT2D eigenvalue weighted by Crippen LogP contribution is -2.61. The molecular formula is C59H84N2O18. The summed E-state index contributed by atoms with van der Waals surface area (Å²) in [5.41, 5.74) is 12.7. The molecule has 1 aromatic rings. The van der Waals surface area contributed by atoms with Crippen molar-refractivity contribution in [2.45, 2.75) is 184 Å². The quantitative estimate of drug-likeness (QED) is 0.0690. The third-order valence-corrected chi connectivity index (χ3v) is 13.8. The van der Waals surface area contributed by atoms with E-state index in [9.17, 15) is 74.7 Å². The lowest BCUT2D eigenvalue weighted by molar-refractivity contribution is -0.277. The molecular weight excluding hydrogens is 1020 g/mol. The number of aliphatic hydroxyl groups excluding tert-OH is 8. The molecule has 1 aromatic carbocycles. The molecule has 2 aliphatic rings. The van der Waals surface area contributed by atoms with Gasteiger partial charge in [0.1, 0.15) is 41.9 Å². The van der Waals surface area contributed by atoms with Crippen molar-refractivity contribution < 1.29 is 88.9 Å². The van der Waals surface area contributed by atoms with Crippen molar-refractivity contribution in [1.29, 1.82) is 0 Å². The van der Waals surface area contributed by atoms with Crippen LogP contribution in [-0.2, 0) is 38.2 Å². The first kappa shape index (κ1) is 67.7. The van der Waals surface area contributed by atoms with Gasteiger partial charge in [0.25, 0.3) is 0 Å². The molecule has 14 unspecified atom stereocenters. The summed E-state index contributed by atoms with van der Waals surface area (Å²) >= 11 is 0. The molecule has 0 bridgehead atoms. The number of cyclic esters (lactones) is 1. The number of Topliss-reactive ketones (excluding diaryl/α,β-unsaturated/α-hetero) is 4. The van der Waals surface area contributed by atoms with Crippen LogP contribution in [0.3, 0.4) is 0 Å². The van der Waals surface area contributed by atoms with Gasteiger partial charge in [0.05, 0.1) is 61.0 Å². The Balaban J connectivity index is 1.83. The number of rotatable bonds is 10. The Morgan fingerprint density at radius 1 is 0.684 bits per heavy atom. The molecule has 438 valence electrons. The van der Waals surface area contributed by atoms with Gasteiger partial charge in [-0.2, -0.15) is 0 Å². The van der Waals surface area contributed by atoms with E-state index in [0.29, 0.717) is 17.7 Å². The zero-order chi connectivity index (χ0) is 58.8. The Labute approximate surface area is 462 Å². The summed E-state index contributed by atoms with van der Waals surface area (Å²) in [4.78, 5) is 77.3. The number of allylic oxidation sites excluding steroid dienone is 12. The van der Waals surface area contributed by atoms with Gasteiger partial charge in [-0.25, -0.2) is 0 Å². The van der Waals surface area contributed by atoms with Crippen molar-refractivity contribution in [3.63, 3.8) is 0 Å². The maximum atomic E-state index is 13.3. The Morgan fingerprint density at radius 2 is 1.22 bits per heavy atom. The fraction of sp³-hybridized carbons (Fsp3) is 0.559. The van der Waals surface area contributed by atoms with Crippen molar-refractivity contribution in [1.82, 2.24) is 0 Å². The number of hydrogen-bond donors (Lipinski definition) is 11. The lowest BCUT2D eigenvalue weighted by Gasteiger charge is -2.41. The summed E-state index contributed by atoms with van der Waals surface area (Å²) in [6.07, 6.45) is 4.21. The number of carbonyl (C=O) groups is 6. The van der Waals surface area contributed by atoms with E-state index in [-0.39, 0.29) is 55.6 Å². The maximum Gasteiger partial charge on any atom is 0.313 e. The third-order valence-electron chi connectivity index (χ3n) is 13.8. The minimum Gasteiger partial charge on any atom is -0.481 e. The van der Waals surface area contributed by atoms with Crippen LogP contribution >= 0.6 is 0 Å². The van der Waals surface area contributed by atoms with Crippen LogP contribution in [0.1, 0.15) is 115 Å². The molecule has 0 radical (unpaired) electrons. The van der Waals surface area contributed by atoms with E-state index >= 15 is 0 Å². The number of ether oxygens (including phenoxy) is 3. The van der Waals surface area contributed by atoms with E-state index in [2.05, 4.69) is 0 Å². The van der Waals surface area contributed by atoms with Crippen LogP contribution in [-0.4, -0.2) is 161 Å². The average Bonchev–Trinajstić information content (AvgIpc) is 3.36. The van der Waals surface area contributed by atoms with Crippen molar-refractivity contribution in [3.8, 4) is 0 Å². The van der Waals surface area contributed by atoms with E-state index in [0.717, 1.165) is 0 Å². The molecule has 0 saturated carbocycles. The highest BCUT2D eigenvalue weighted by Gasteiger charge is 2.43. The van der Waals surface area contributed by atoms with Crippen molar-refractivity contribution in [3.05, 3.63) is 115 Å². The van der Waals surface area contributed by atoms with E-state index in [4.69, 9.17) is 25.7 Å². The second kappa shape index (κ2) is 35.2. The highest BCUT2D eigenvalue weighted by molar-refractivity contribution is 5.97. The molecule has 20 nitrogen and oxygen atoms in total. The highest BCUT2D eigenvalue weighted by Crippen LogP contribution is 2.29. The summed E-state index contributed by atoms with van der Waals surface area (Å²) < 4.78 is 17.5. The van der Waals surface area contributed by atoms with Gasteiger partial charge in [-0.05, 0) is 68.7 Å². The van der Waals surface area contributed by atoms with Gasteiger partial charge in [-0.3, -0.25) is 28.8 Å². The minimum absolute atomic E-state index is 0.0615. The number of anilines is 1. The molecule has 79 heavy (non-hydrogen) atoms. The molecule has 17 atom stereocenters. The van der Waals surface area contributed by atoms with E-state index in [1.54, 1.807) is 98.0 Å². The predicted octanol–water partition coefficient (Wildman–Crippen LogP) is 3.61. The third kappa shape index (κ3) is 25.2. The predicted molar refractivity (Wildman–Crippen MR) is 293 cm³/mol. The molecule has 1 fully saturated rings. The average molecular weight is 1110 g/mol. The first-order valence-corrected chi connectivity index (χ1v) is 26.9. The van der Waals surface area contributed by atoms with Gasteiger partial charge in [-0.1, -0.05) is 106 Å². The lowest BCUT2D eigenvalue weighted by atomic mass is 9.83. The fourth-order valence-electron chi connectivity index (χ4n) is 9.37. The van der Waals surface area contributed by atoms with Crippen molar-refractivity contribution >= 4 is 40.8 Å². The van der Waals surface area contributed by atoms with Crippen molar-refractivity contribution in [2.24, 2.45) is 29.4 Å². The molecule has 20 heteroatoms. The van der Waals surface area contributed by atoms with Gasteiger partial charge in [0.15, 0.2) is 12.1 Å². The molecule has 0 spiro atoms. The van der Waals surface area contributed by atoms with E-state index in [1.165, 1.54) is 19.1 Å². The van der Waals surface area contributed by atoms with Gasteiger partial charge in [-0.15, -0.1) is 0 Å². The minimum atomic E-state index is -1.95. The molecule has 0 aliphatic carbocycles. The maximum absolute atomic E-state index is 13.3. The Morgan fingerprint density at radius 3 is 1.78 bits per heavy atom. The number of aliphatic hydroxyl groups is 8. The smallest absolute Gasteiger partial charge is 0.313 e.